The van der Waals surface area contributed by atoms with Gasteiger partial charge in [0.1, 0.15) is 16.9 Å². The predicted octanol–water partition coefficient (Wildman–Crippen LogP) is 5.19. The van der Waals surface area contributed by atoms with Crippen molar-refractivity contribution < 1.29 is 28.7 Å². The number of aromatic carboxylic acids is 1. The highest BCUT2D eigenvalue weighted by atomic mass is 127. The standard InChI is InChI=1S/C25H29ClIN3O5/c1-15-10-21(18(23(31)32)11-19(15)27)34-22(20-7-6-17(26)12-28-20)14-29-8-9-30(16(2)13-29)24(33)35-25(3,4)5/h6-7,10-12,22H,8-9,13-14H2,1-5H3/p+1. The number of halogens is 2. The Kier molecular flexibility index (Phi) is 8.76. The zero-order valence-corrected chi connectivity index (χ0v) is 23.4. The van der Waals surface area contributed by atoms with Crippen molar-refractivity contribution >= 4 is 52.0 Å². The molecular weight excluding hydrogens is 585 g/mol. The van der Waals surface area contributed by atoms with E-state index in [-0.39, 0.29) is 17.4 Å². The lowest BCUT2D eigenvalue weighted by molar-refractivity contribution is -0.458. The van der Waals surface area contributed by atoms with Crippen molar-refractivity contribution in [2.24, 2.45) is 0 Å². The van der Waals surface area contributed by atoms with Crippen LogP contribution in [0.4, 0.5) is 4.79 Å². The first-order valence-electron chi connectivity index (χ1n) is 11.2. The summed E-state index contributed by atoms with van der Waals surface area (Å²) in [4.78, 5) is 31.1. The largest absolute Gasteiger partial charge is 0.596 e. The maximum atomic E-state index is 12.6. The number of nitrogens with zero attached hydrogens (tertiary/aromatic N) is 3. The molecule has 1 aromatic heterocycles. The van der Waals surface area contributed by atoms with Crippen LogP contribution in [0.25, 0.3) is 0 Å². The molecule has 0 saturated carbocycles. The summed E-state index contributed by atoms with van der Waals surface area (Å²) in [5.41, 5.74) is 1.94. The van der Waals surface area contributed by atoms with Gasteiger partial charge in [0.15, 0.2) is 18.4 Å². The molecule has 1 atom stereocenters. The van der Waals surface area contributed by atoms with Crippen LogP contribution < -0.4 is 4.74 Å². The van der Waals surface area contributed by atoms with Crippen LogP contribution in [0.1, 0.15) is 55.4 Å². The van der Waals surface area contributed by atoms with Gasteiger partial charge in [0.2, 0.25) is 0 Å². The molecular formula is C25H30ClIN3O5+. The average molecular weight is 615 g/mol. The van der Waals surface area contributed by atoms with Crippen LogP contribution in [-0.4, -0.2) is 69.1 Å². The molecule has 3 rings (SSSR count). The van der Waals surface area contributed by atoms with E-state index in [9.17, 15) is 14.7 Å². The van der Waals surface area contributed by atoms with Crippen LogP contribution in [0.2, 0.25) is 5.02 Å². The minimum absolute atomic E-state index is 0.0939. The quantitative estimate of drug-likeness (QED) is 0.354. The van der Waals surface area contributed by atoms with Crippen molar-refractivity contribution in [3.63, 3.8) is 0 Å². The fourth-order valence-corrected chi connectivity index (χ4v) is 4.30. The highest BCUT2D eigenvalue weighted by molar-refractivity contribution is 14.1. The molecule has 1 N–H and O–H groups in total. The summed E-state index contributed by atoms with van der Waals surface area (Å²) in [6, 6.07) is 6.86. The van der Waals surface area contributed by atoms with Gasteiger partial charge < -0.3 is 14.6 Å². The Labute approximate surface area is 224 Å². The highest BCUT2D eigenvalue weighted by Crippen LogP contribution is 2.30. The molecule has 188 valence electrons. The van der Waals surface area contributed by atoms with E-state index in [2.05, 4.69) is 32.5 Å². The second-order valence-corrected chi connectivity index (χ2v) is 11.1. The Balaban J connectivity index is 1.87. The SMILES string of the molecule is CC1=[N+](C(=O)OC(C)(C)C)CCN(CC(Oc2cc(C)c(I)cc2C(=O)O)c2ccc(Cl)cn2)C1. The van der Waals surface area contributed by atoms with Crippen LogP contribution in [0, 0.1) is 10.5 Å². The lowest BCUT2D eigenvalue weighted by Crippen LogP contribution is -2.48. The van der Waals surface area contributed by atoms with Gasteiger partial charge >= 0.3 is 12.1 Å². The predicted molar refractivity (Wildman–Crippen MR) is 142 cm³/mol. The Morgan fingerprint density at radius 3 is 2.57 bits per heavy atom. The normalized spacial score (nSPS) is 15.6. The number of aromatic nitrogens is 1. The van der Waals surface area contributed by atoms with Crippen molar-refractivity contribution in [1.82, 2.24) is 9.88 Å². The molecule has 0 spiro atoms. The smallest absolute Gasteiger partial charge is 0.482 e. The summed E-state index contributed by atoms with van der Waals surface area (Å²) in [7, 11) is 0. The summed E-state index contributed by atoms with van der Waals surface area (Å²) in [6.45, 7) is 11.4. The monoisotopic (exact) mass is 614 g/mol. The number of carboxylic acid groups (broad SMARTS) is 1. The van der Waals surface area contributed by atoms with Gasteiger partial charge in [-0.3, -0.25) is 9.88 Å². The molecule has 1 unspecified atom stereocenters. The zero-order valence-electron chi connectivity index (χ0n) is 20.5. The molecule has 0 fully saturated rings. The molecule has 1 amide bonds. The molecule has 1 aliphatic heterocycles. The number of amides is 1. The van der Waals surface area contributed by atoms with E-state index in [0.29, 0.717) is 36.9 Å². The summed E-state index contributed by atoms with van der Waals surface area (Å²) in [5, 5.41) is 10.2. The van der Waals surface area contributed by atoms with Gasteiger partial charge in [0.05, 0.1) is 23.8 Å². The molecule has 35 heavy (non-hydrogen) atoms. The van der Waals surface area contributed by atoms with Crippen LogP contribution in [0.5, 0.6) is 5.75 Å². The Bertz CT molecular complexity index is 1150. The van der Waals surface area contributed by atoms with Gasteiger partial charge in [0, 0.05) is 23.2 Å². The third-order valence-electron chi connectivity index (χ3n) is 5.43. The Morgan fingerprint density at radius 2 is 2.00 bits per heavy atom. The van der Waals surface area contributed by atoms with Gasteiger partial charge in [-0.1, -0.05) is 11.6 Å². The minimum atomic E-state index is -1.06. The summed E-state index contributed by atoms with van der Waals surface area (Å²) in [5.74, 6) is -0.777. The van der Waals surface area contributed by atoms with Gasteiger partial charge in [-0.05, 0) is 80.1 Å². The number of pyridine rings is 1. The van der Waals surface area contributed by atoms with E-state index in [1.54, 1.807) is 35.0 Å². The molecule has 0 saturated heterocycles. The van der Waals surface area contributed by atoms with Gasteiger partial charge in [0.25, 0.3) is 0 Å². The third-order valence-corrected chi connectivity index (χ3v) is 6.82. The summed E-state index contributed by atoms with van der Waals surface area (Å²) in [6.07, 6.45) is 0.635. The lowest BCUT2D eigenvalue weighted by atomic mass is 10.1. The van der Waals surface area contributed by atoms with Crippen LogP contribution in [0.15, 0.2) is 30.5 Å². The van der Waals surface area contributed by atoms with Crippen molar-refractivity contribution in [2.75, 3.05) is 26.2 Å². The number of carbonyl (C=O) groups is 2. The number of benzene rings is 1. The molecule has 1 aromatic carbocycles. The second kappa shape index (κ2) is 11.2. The summed E-state index contributed by atoms with van der Waals surface area (Å²) >= 11 is 8.15. The maximum absolute atomic E-state index is 12.6. The fourth-order valence-electron chi connectivity index (χ4n) is 3.72. The molecule has 1 aliphatic rings. The number of hydrogen-bond donors (Lipinski definition) is 1. The van der Waals surface area contributed by atoms with E-state index in [0.717, 1.165) is 14.8 Å². The van der Waals surface area contributed by atoms with Crippen molar-refractivity contribution in [3.8, 4) is 5.75 Å². The van der Waals surface area contributed by atoms with Gasteiger partial charge in [-0.15, -0.1) is 4.58 Å². The summed E-state index contributed by atoms with van der Waals surface area (Å²) < 4.78 is 14.3. The van der Waals surface area contributed by atoms with Gasteiger partial charge in [-0.25, -0.2) is 4.79 Å². The minimum Gasteiger partial charge on any atom is -0.482 e. The molecule has 10 heteroatoms. The fraction of sp³-hybridized carbons (Fsp3) is 0.440. The van der Waals surface area contributed by atoms with Gasteiger partial charge in [-0.2, -0.15) is 4.79 Å². The average Bonchev–Trinajstić information content (AvgIpc) is 2.74. The first kappa shape index (κ1) is 27.3. The highest BCUT2D eigenvalue weighted by Gasteiger charge is 2.34. The molecule has 0 radical (unpaired) electrons. The Hall–Kier alpha value is -2.24. The number of hydrogen-bond acceptors (Lipinski definition) is 6. The molecule has 2 aromatic rings. The Morgan fingerprint density at radius 1 is 1.29 bits per heavy atom. The topological polar surface area (TPSA) is 92.0 Å². The van der Waals surface area contributed by atoms with E-state index < -0.39 is 17.7 Å². The van der Waals surface area contributed by atoms with Crippen molar-refractivity contribution in [3.05, 3.63) is 55.9 Å². The lowest BCUT2D eigenvalue weighted by Gasteiger charge is -2.29. The molecule has 8 nitrogen and oxygen atoms in total. The van der Waals surface area contributed by atoms with E-state index in [1.165, 1.54) is 0 Å². The number of ether oxygens (including phenoxy) is 2. The third kappa shape index (κ3) is 7.37. The van der Waals surface area contributed by atoms with Crippen LogP contribution in [0.3, 0.4) is 0 Å². The first-order valence-corrected chi connectivity index (χ1v) is 12.7. The van der Waals surface area contributed by atoms with Crippen LogP contribution >= 0.6 is 34.2 Å². The number of carbonyl (C=O) groups excluding carboxylic acids is 1. The van der Waals surface area contributed by atoms with E-state index in [1.807, 2.05) is 34.6 Å². The number of rotatable bonds is 6. The first-order chi connectivity index (χ1) is 16.3. The van der Waals surface area contributed by atoms with Crippen molar-refractivity contribution in [1.29, 1.82) is 0 Å². The molecule has 0 bridgehead atoms. The molecule has 0 aliphatic carbocycles. The molecule has 2 heterocycles. The number of carboxylic acids is 1. The van der Waals surface area contributed by atoms with Crippen molar-refractivity contribution in [2.45, 2.75) is 46.3 Å². The second-order valence-electron chi connectivity index (χ2n) is 9.51. The maximum Gasteiger partial charge on any atom is 0.596 e. The number of aryl methyl sites for hydroxylation is 1. The van der Waals surface area contributed by atoms with E-state index in [4.69, 9.17) is 21.1 Å². The van der Waals surface area contributed by atoms with E-state index >= 15 is 0 Å². The van der Waals surface area contributed by atoms with Crippen LogP contribution in [-0.2, 0) is 4.74 Å². The zero-order chi connectivity index (χ0) is 25.9.